The van der Waals surface area contributed by atoms with Gasteiger partial charge in [0.25, 0.3) is 0 Å². The van der Waals surface area contributed by atoms with Crippen LogP contribution in [0.3, 0.4) is 0 Å². The largest absolute Gasteiger partial charge is 0.336 e. The van der Waals surface area contributed by atoms with Crippen molar-refractivity contribution in [2.75, 3.05) is 13.1 Å². The number of rotatable bonds is 4. The molecule has 4 heteroatoms. The van der Waals surface area contributed by atoms with Gasteiger partial charge >= 0.3 is 0 Å². The lowest BCUT2D eigenvalue weighted by molar-refractivity contribution is -0.134. The van der Waals surface area contributed by atoms with E-state index in [0.29, 0.717) is 19.4 Å². The Morgan fingerprint density at radius 1 is 1.53 bits per heavy atom. The highest BCUT2D eigenvalue weighted by atomic mass is 19.1. The maximum absolute atomic E-state index is 13.1. The first-order valence-electron chi connectivity index (χ1n) is 6.80. The topological polar surface area (TPSA) is 46.3 Å². The van der Waals surface area contributed by atoms with Crippen molar-refractivity contribution in [3.63, 3.8) is 0 Å². The van der Waals surface area contributed by atoms with Crippen LogP contribution < -0.4 is 5.73 Å². The van der Waals surface area contributed by atoms with E-state index < -0.39 is 0 Å². The van der Waals surface area contributed by atoms with Crippen LogP contribution in [0.5, 0.6) is 0 Å². The zero-order chi connectivity index (χ0) is 13.9. The minimum atomic E-state index is -0.252. The van der Waals surface area contributed by atoms with E-state index in [4.69, 9.17) is 5.73 Å². The molecule has 19 heavy (non-hydrogen) atoms. The second-order valence-electron chi connectivity index (χ2n) is 5.48. The highest BCUT2D eigenvalue weighted by molar-refractivity contribution is 5.77. The zero-order valence-corrected chi connectivity index (χ0v) is 11.4. The fraction of sp³-hybridized carbons (Fsp3) is 0.533. The summed E-state index contributed by atoms with van der Waals surface area (Å²) in [5.74, 6) is -0.132. The van der Waals surface area contributed by atoms with E-state index in [1.165, 1.54) is 12.1 Å². The first-order valence-corrected chi connectivity index (χ1v) is 6.80. The number of likely N-dealkylation sites (tertiary alicyclic amines) is 1. The molecule has 1 atom stereocenters. The standard InChI is InChI=1S/C15H21FN2O/c1-15(11-17)8-3-9-18(15)14(19)7-6-12-4-2-5-13(16)10-12/h2,4-5,10H,3,6-9,11,17H2,1H3. The summed E-state index contributed by atoms with van der Waals surface area (Å²) in [6.07, 6.45) is 2.97. The Balaban J connectivity index is 1.95. The molecule has 2 rings (SSSR count). The number of nitrogens with zero attached hydrogens (tertiary/aromatic N) is 1. The van der Waals surface area contributed by atoms with Crippen LogP contribution in [-0.2, 0) is 11.2 Å². The minimum Gasteiger partial charge on any atom is -0.336 e. The second-order valence-corrected chi connectivity index (χ2v) is 5.48. The zero-order valence-electron chi connectivity index (χ0n) is 11.4. The molecule has 1 amide bonds. The van der Waals surface area contributed by atoms with Crippen molar-refractivity contribution < 1.29 is 9.18 Å². The van der Waals surface area contributed by atoms with Crippen molar-refractivity contribution >= 4 is 5.91 Å². The summed E-state index contributed by atoms with van der Waals surface area (Å²) >= 11 is 0. The van der Waals surface area contributed by atoms with Gasteiger partial charge in [0.15, 0.2) is 0 Å². The SMILES string of the molecule is CC1(CN)CCCN1C(=O)CCc1cccc(F)c1. The Morgan fingerprint density at radius 2 is 2.32 bits per heavy atom. The van der Waals surface area contributed by atoms with E-state index >= 15 is 0 Å². The van der Waals surface area contributed by atoms with Crippen LogP contribution in [0.2, 0.25) is 0 Å². The van der Waals surface area contributed by atoms with Crippen LogP contribution in [0.25, 0.3) is 0 Å². The molecule has 0 aliphatic carbocycles. The number of hydrogen-bond donors (Lipinski definition) is 1. The summed E-state index contributed by atoms with van der Waals surface area (Å²) in [6, 6.07) is 6.42. The molecule has 1 aromatic carbocycles. The Labute approximate surface area is 113 Å². The van der Waals surface area contributed by atoms with Crippen LogP contribution in [0.1, 0.15) is 31.7 Å². The molecule has 1 fully saturated rings. The van der Waals surface area contributed by atoms with Gasteiger partial charge in [-0.3, -0.25) is 4.79 Å². The molecule has 104 valence electrons. The van der Waals surface area contributed by atoms with Crippen LogP contribution in [0, 0.1) is 5.82 Å². The summed E-state index contributed by atoms with van der Waals surface area (Å²) < 4.78 is 13.1. The van der Waals surface area contributed by atoms with E-state index in [1.807, 2.05) is 17.9 Å². The van der Waals surface area contributed by atoms with E-state index in [2.05, 4.69) is 0 Å². The predicted octanol–water partition coefficient (Wildman–Crippen LogP) is 2.10. The number of carbonyl (C=O) groups is 1. The van der Waals surface area contributed by atoms with Gasteiger partial charge in [0.2, 0.25) is 5.91 Å². The Hall–Kier alpha value is -1.42. The number of amides is 1. The Bertz CT molecular complexity index is 463. The highest BCUT2D eigenvalue weighted by Crippen LogP contribution is 2.28. The average molecular weight is 264 g/mol. The van der Waals surface area contributed by atoms with Crippen LogP contribution in [0.15, 0.2) is 24.3 Å². The first kappa shape index (κ1) is 14.0. The normalized spacial score (nSPS) is 22.8. The van der Waals surface area contributed by atoms with Gasteiger partial charge in [-0.15, -0.1) is 0 Å². The number of nitrogens with two attached hydrogens (primary N) is 1. The minimum absolute atomic E-state index is 0.120. The van der Waals surface area contributed by atoms with Gasteiger partial charge in [-0.05, 0) is 43.9 Å². The molecule has 0 spiro atoms. The predicted molar refractivity (Wildman–Crippen MR) is 73.1 cm³/mol. The summed E-state index contributed by atoms with van der Waals surface area (Å²) in [5.41, 5.74) is 6.45. The fourth-order valence-electron chi connectivity index (χ4n) is 2.74. The summed E-state index contributed by atoms with van der Waals surface area (Å²) in [4.78, 5) is 14.1. The number of aryl methyl sites for hydroxylation is 1. The van der Waals surface area contributed by atoms with Crippen molar-refractivity contribution in [1.29, 1.82) is 0 Å². The Morgan fingerprint density at radius 3 is 3.00 bits per heavy atom. The lowest BCUT2D eigenvalue weighted by Gasteiger charge is -2.34. The van der Waals surface area contributed by atoms with Gasteiger partial charge in [0.05, 0.1) is 5.54 Å². The summed E-state index contributed by atoms with van der Waals surface area (Å²) in [6.45, 7) is 3.33. The van der Waals surface area contributed by atoms with Crippen molar-refractivity contribution in [3.05, 3.63) is 35.6 Å². The summed E-state index contributed by atoms with van der Waals surface area (Å²) in [7, 11) is 0. The maximum Gasteiger partial charge on any atom is 0.223 e. The number of carbonyl (C=O) groups excluding carboxylic acids is 1. The maximum atomic E-state index is 13.1. The van der Waals surface area contributed by atoms with Crippen molar-refractivity contribution in [1.82, 2.24) is 4.90 Å². The lowest BCUT2D eigenvalue weighted by Crippen LogP contribution is -2.50. The van der Waals surface area contributed by atoms with Crippen LogP contribution in [0.4, 0.5) is 4.39 Å². The third kappa shape index (κ3) is 3.13. The fourth-order valence-corrected chi connectivity index (χ4v) is 2.74. The third-order valence-electron chi connectivity index (χ3n) is 4.01. The van der Waals surface area contributed by atoms with Gasteiger partial charge < -0.3 is 10.6 Å². The molecule has 0 aromatic heterocycles. The monoisotopic (exact) mass is 264 g/mol. The molecule has 1 unspecified atom stereocenters. The molecule has 3 nitrogen and oxygen atoms in total. The molecule has 1 aliphatic rings. The molecule has 1 saturated heterocycles. The molecule has 0 saturated carbocycles. The number of benzene rings is 1. The van der Waals surface area contributed by atoms with Crippen molar-refractivity contribution in [2.24, 2.45) is 5.73 Å². The molecule has 2 N–H and O–H groups in total. The van der Waals surface area contributed by atoms with E-state index in [-0.39, 0.29) is 17.3 Å². The van der Waals surface area contributed by atoms with Gasteiger partial charge in [-0.25, -0.2) is 4.39 Å². The van der Waals surface area contributed by atoms with Crippen molar-refractivity contribution in [2.45, 2.75) is 38.1 Å². The summed E-state index contributed by atoms with van der Waals surface area (Å²) in [5, 5.41) is 0. The van der Waals surface area contributed by atoms with Crippen molar-refractivity contribution in [3.8, 4) is 0 Å². The van der Waals surface area contributed by atoms with E-state index in [0.717, 1.165) is 24.9 Å². The quantitative estimate of drug-likeness (QED) is 0.905. The molecule has 1 aliphatic heterocycles. The van der Waals surface area contributed by atoms with E-state index in [9.17, 15) is 9.18 Å². The highest BCUT2D eigenvalue weighted by Gasteiger charge is 2.37. The molecule has 1 aromatic rings. The van der Waals surface area contributed by atoms with Gasteiger partial charge in [0, 0.05) is 19.5 Å². The van der Waals surface area contributed by atoms with Crippen LogP contribution >= 0.6 is 0 Å². The van der Waals surface area contributed by atoms with Gasteiger partial charge in [0.1, 0.15) is 5.82 Å². The van der Waals surface area contributed by atoms with Gasteiger partial charge in [-0.2, -0.15) is 0 Å². The molecular formula is C15H21FN2O. The molecule has 0 bridgehead atoms. The molecule has 1 heterocycles. The average Bonchev–Trinajstić information content (AvgIpc) is 2.79. The number of halogens is 1. The second kappa shape index (κ2) is 5.70. The van der Waals surface area contributed by atoms with E-state index in [1.54, 1.807) is 6.07 Å². The molecular weight excluding hydrogens is 243 g/mol. The Kier molecular flexibility index (Phi) is 4.20. The lowest BCUT2D eigenvalue weighted by atomic mass is 9.98. The molecule has 0 radical (unpaired) electrons. The smallest absolute Gasteiger partial charge is 0.223 e. The number of hydrogen-bond acceptors (Lipinski definition) is 2. The van der Waals surface area contributed by atoms with Gasteiger partial charge in [-0.1, -0.05) is 12.1 Å². The first-order chi connectivity index (χ1) is 9.05. The van der Waals surface area contributed by atoms with Crippen LogP contribution in [-0.4, -0.2) is 29.4 Å². The third-order valence-corrected chi connectivity index (χ3v) is 4.01.